The van der Waals surface area contributed by atoms with Gasteiger partial charge in [0.05, 0.1) is 7.11 Å². The van der Waals surface area contributed by atoms with Crippen molar-refractivity contribution in [2.24, 2.45) is 0 Å². The minimum Gasteiger partial charge on any atom is -0.497 e. The van der Waals surface area contributed by atoms with Crippen molar-refractivity contribution in [3.05, 3.63) is 65.7 Å². The molecule has 0 spiro atoms. The number of benzene rings is 2. The average molecular weight is 244 g/mol. The summed E-state index contributed by atoms with van der Waals surface area (Å²) in [6.45, 7) is 0. The highest BCUT2D eigenvalue weighted by Gasteiger charge is 2.20. The van der Waals surface area contributed by atoms with Crippen molar-refractivity contribution in [1.82, 2.24) is 0 Å². The molecule has 2 rings (SSSR count). The lowest BCUT2D eigenvalue weighted by Crippen LogP contribution is -2.10. The molecule has 3 heteroatoms. The Labute approximate surface area is 106 Å². The van der Waals surface area contributed by atoms with Gasteiger partial charge in [0.2, 0.25) is 0 Å². The summed E-state index contributed by atoms with van der Waals surface area (Å²) in [4.78, 5) is 0. The Bertz CT molecular complexity index is 496. The Morgan fingerprint density at radius 1 is 0.833 bits per heavy atom. The third-order valence-corrected chi connectivity index (χ3v) is 2.88. The Morgan fingerprint density at radius 3 is 2.11 bits per heavy atom. The van der Waals surface area contributed by atoms with Crippen LogP contribution in [0.5, 0.6) is 5.75 Å². The molecule has 2 atom stereocenters. The number of aliphatic hydroxyl groups is 2. The maximum atomic E-state index is 10.2. The number of hydrogen-bond donors (Lipinski definition) is 2. The van der Waals surface area contributed by atoms with Crippen molar-refractivity contribution in [2.45, 2.75) is 12.2 Å². The van der Waals surface area contributed by atoms with Gasteiger partial charge in [-0.2, -0.15) is 0 Å². The molecule has 18 heavy (non-hydrogen) atoms. The van der Waals surface area contributed by atoms with Crippen molar-refractivity contribution in [3.8, 4) is 5.75 Å². The van der Waals surface area contributed by atoms with Gasteiger partial charge in [-0.3, -0.25) is 0 Å². The van der Waals surface area contributed by atoms with E-state index >= 15 is 0 Å². The van der Waals surface area contributed by atoms with E-state index in [4.69, 9.17) is 4.74 Å². The van der Waals surface area contributed by atoms with Gasteiger partial charge in [-0.1, -0.05) is 42.5 Å². The van der Waals surface area contributed by atoms with Crippen LogP contribution in [0.15, 0.2) is 54.6 Å². The Morgan fingerprint density at radius 2 is 1.44 bits per heavy atom. The summed E-state index contributed by atoms with van der Waals surface area (Å²) in [6, 6.07) is 16.2. The Balaban J connectivity index is 2.22. The first-order valence-electron chi connectivity index (χ1n) is 5.77. The zero-order valence-electron chi connectivity index (χ0n) is 10.2. The molecule has 0 saturated carbocycles. The summed E-state index contributed by atoms with van der Waals surface area (Å²) in [5, 5.41) is 20.3. The smallest absolute Gasteiger partial charge is 0.119 e. The summed E-state index contributed by atoms with van der Waals surface area (Å²) >= 11 is 0. The van der Waals surface area contributed by atoms with Crippen molar-refractivity contribution in [2.75, 3.05) is 7.11 Å². The van der Waals surface area contributed by atoms with Crippen LogP contribution in [0, 0.1) is 0 Å². The molecule has 2 aromatic rings. The van der Waals surface area contributed by atoms with E-state index in [1.807, 2.05) is 18.2 Å². The maximum Gasteiger partial charge on any atom is 0.119 e. The normalized spacial score (nSPS) is 13.9. The molecule has 0 saturated heterocycles. The number of ether oxygens (including phenoxy) is 1. The fourth-order valence-corrected chi connectivity index (χ4v) is 1.84. The molecule has 0 aliphatic rings. The van der Waals surface area contributed by atoms with Crippen LogP contribution in [0.2, 0.25) is 0 Å². The van der Waals surface area contributed by atoms with Gasteiger partial charge in [0.25, 0.3) is 0 Å². The fraction of sp³-hybridized carbons (Fsp3) is 0.200. The monoisotopic (exact) mass is 244 g/mol. The molecule has 3 nitrogen and oxygen atoms in total. The molecular formula is C15H16O3. The zero-order chi connectivity index (χ0) is 13.0. The lowest BCUT2D eigenvalue weighted by Gasteiger charge is -2.19. The molecule has 2 unspecified atom stereocenters. The van der Waals surface area contributed by atoms with E-state index in [2.05, 4.69) is 0 Å². The van der Waals surface area contributed by atoms with E-state index in [1.165, 1.54) is 0 Å². The van der Waals surface area contributed by atoms with Crippen LogP contribution < -0.4 is 4.74 Å². The molecule has 0 aliphatic carbocycles. The van der Waals surface area contributed by atoms with Crippen molar-refractivity contribution in [1.29, 1.82) is 0 Å². The first kappa shape index (κ1) is 12.6. The van der Waals surface area contributed by atoms with Crippen LogP contribution in [0.4, 0.5) is 0 Å². The van der Waals surface area contributed by atoms with Crippen LogP contribution in [0.1, 0.15) is 23.3 Å². The zero-order valence-corrected chi connectivity index (χ0v) is 10.2. The predicted octanol–water partition coefficient (Wildman–Crippen LogP) is 2.46. The maximum absolute atomic E-state index is 10.2. The van der Waals surface area contributed by atoms with Gasteiger partial charge in [-0.05, 0) is 23.3 Å². The third-order valence-electron chi connectivity index (χ3n) is 2.88. The highest BCUT2D eigenvalue weighted by atomic mass is 16.5. The van der Waals surface area contributed by atoms with Crippen LogP contribution in [0.25, 0.3) is 0 Å². The second-order valence-electron chi connectivity index (χ2n) is 4.08. The first-order valence-corrected chi connectivity index (χ1v) is 5.77. The molecular weight excluding hydrogens is 228 g/mol. The molecule has 0 aromatic heterocycles. The summed E-state index contributed by atoms with van der Waals surface area (Å²) in [6.07, 6.45) is -1.92. The molecule has 2 N–H and O–H groups in total. The molecule has 0 radical (unpaired) electrons. The van der Waals surface area contributed by atoms with Gasteiger partial charge in [0.1, 0.15) is 18.0 Å². The minimum atomic E-state index is -0.970. The summed E-state index contributed by atoms with van der Waals surface area (Å²) in [5.41, 5.74) is 1.32. The molecule has 0 fully saturated rings. The topological polar surface area (TPSA) is 49.7 Å². The summed E-state index contributed by atoms with van der Waals surface area (Å²) in [7, 11) is 1.57. The van der Waals surface area contributed by atoms with E-state index in [-0.39, 0.29) is 0 Å². The van der Waals surface area contributed by atoms with Gasteiger partial charge >= 0.3 is 0 Å². The molecule has 2 aromatic carbocycles. The second kappa shape index (κ2) is 5.67. The number of rotatable bonds is 4. The summed E-state index contributed by atoms with van der Waals surface area (Å²) in [5.74, 6) is 0.659. The van der Waals surface area contributed by atoms with E-state index in [0.29, 0.717) is 16.9 Å². The van der Waals surface area contributed by atoms with Crippen LogP contribution in [-0.4, -0.2) is 17.3 Å². The molecule has 0 amide bonds. The van der Waals surface area contributed by atoms with E-state index in [1.54, 1.807) is 43.5 Å². The molecule has 0 heterocycles. The van der Waals surface area contributed by atoms with Crippen molar-refractivity contribution >= 4 is 0 Å². The van der Waals surface area contributed by atoms with Crippen LogP contribution >= 0.6 is 0 Å². The Kier molecular flexibility index (Phi) is 3.97. The van der Waals surface area contributed by atoms with Gasteiger partial charge in [-0.25, -0.2) is 0 Å². The highest BCUT2D eigenvalue weighted by Crippen LogP contribution is 2.30. The molecule has 0 aliphatic heterocycles. The standard InChI is InChI=1S/C15H16O3/c1-18-13-9-5-8-12(10-13)15(17)14(16)11-6-3-2-4-7-11/h2-10,14-17H,1H3. The number of aliphatic hydroxyl groups excluding tert-OH is 2. The van der Waals surface area contributed by atoms with E-state index in [0.717, 1.165) is 0 Å². The number of hydrogen-bond acceptors (Lipinski definition) is 3. The van der Waals surface area contributed by atoms with Gasteiger partial charge in [-0.15, -0.1) is 0 Å². The van der Waals surface area contributed by atoms with E-state index < -0.39 is 12.2 Å². The number of methoxy groups -OCH3 is 1. The fourth-order valence-electron chi connectivity index (χ4n) is 1.84. The van der Waals surface area contributed by atoms with Crippen molar-refractivity contribution in [3.63, 3.8) is 0 Å². The van der Waals surface area contributed by atoms with Gasteiger partial charge < -0.3 is 14.9 Å². The van der Waals surface area contributed by atoms with Gasteiger partial charge in [0, 0.05) is 0 Å². The van der Waals surface area contributed by atoms with Gasteiger partial charge in [0.15, 0.2) is 0 Å². The first-order chi connectivity index (χ1) is 8.72. The third kappa shape index (κ3) is 2.70. The highest BCUT2D eigenvalue weighted by molar-refractivity contribution is 5.31. The summed E-state index contributed by atoms with van der Waals surface area (Å²) < 4.78 is 5.10. The predicted molar refractivity (Wildman–Crippen MR) is 69.4 cm³/mol. The van der Waals surface area contributed by atoms with Crippen molar-refractivity contribution < 1.29 is 14.9 Å². The molecule has 94 valence electrons. The average Bonchev–Trinajstić information content (AvgIpc) is 2.46. The van der Waals surface area contributed by atoms with E-state index in [9.17, 15) is 10.2 Å². The van der Waals surface area contributed by atoms with Crippen LogP contribution in [0.3, 0.4) is 0 Å². The minimum absolute atomic E-state index is 0.630. The molecule has 0 bridgehead atoms. The largest absolute Gasteiger partial charge is 0.497 e. The second-order valence-corrected chi connectivity index (χ2v) is 4.08. The Hall–Kier alpha value is -1.84. The lowest BCUT2D eigenvalue weighted by atomic mass is 9.98. The lowest BCUT2D eigenvalue weighted by molar-refractivity contribution is 0.0171. The quantitative estimate of drug-likeness (QED) is 0.868. The SMILES string of the molecule is COc1cccc(C(O)C(O)c2ccccc2)c1. The van der Waals surface area contributed by atoms with Crippen LogP contribution in [-0.2, 0) is 0 Å².